The van der Waals surface area contributed by atoms with Gasteiger partial charge in [-0.15, -0.1) is 0 Å². The molecule has 0 aliphatic carbocycles. The number of fused-ring (bicyclic) bond motifs is 2. The first-order valence-electron chi connectivity index (χ1n) is 8.83. The first-order chi connectivity index (χ1) is 13.2. The van der Waals surface area contributed by atoms with Gasteiger partial charge in [-0.2, -0.15) is 0 Å². The summed E-state index contributed by atoms with van der Waals surface area (Å²) in [5, 5.41) is 8.06. The van der Waals surface area contributed by atoms with Crippen LogP contribution in [0, 0.1) is 0 Å². The van der Waals surface area contributed by atoms with Crippen molar-refractivity contribution in [1.29, 1.82) is 0 Å². The fourth-order valence-electron chi connectivity index (χ4n) is 3.60. The van der Waals surface area contributed by atoms with E-state index in [1.165, 1.54) is 0 Å². The average molecular weight is 381 g/mol. The highest BCUT2D eigenvalue weighted by molar-refractivity contribution is 6.30. The largest absolute Gasteiger partial charge is 0.380 e. The molecule has 0 amide bonds. The summed E-state index contributed by atoms with van der Waals surface area (Å²) in [4.78, 5) is 27.8. The van der Waals surface area contributed by atoms with E-state index in [4.69, 9.17) is 11.6 Å². The van der Waals surface area contributed by atoms with Gasteiger partial charge in [0.15, 0.2) is 0 Å². The molecule has 1 aromatic carbocycles. The Balaban J connectivity index is 1.78. The van der Waals surface area contributed by atoms with E-state index in [1.807, 2.05) is 24.3 Å². The zero-order valence-corrected chi connectivity index (χ0v) is 15.1. The number of nitrogens with zero attached hydrogens (tertiary/aromatic N) is 2. The van der Waals surface area contributed by atoms with Crippen molar-refractivity contribution in [2.75, 3.05) is 18.4 Å². The number of imidazole rings is 1. The number of hydrogen-bond acceptors (Lipinski definition) is 5. The molecule has 1 atom stereocenters. The Labute approximate surface area is 159 Å². The number of pyridine rings is 2. The van der Waals surface area contributed by atoms with Crippen LogP contribution in [0.25, 0.3) is 33.3 Å². The Morgan fingerprint density at radius 2 is 2.07 bits per heavy atom. The summed E-state index contributed by atoms with van der Waals surface area (Å²) in [7, 11) is 0. The van der Waals surface area contributed by atoms with Crippen LogP contribution in [0.2, 0.25) is 5.15 Å². The molecule has 0 bridgehead atoms. The molecule has 8 heteroatoms. The predicted octanol–water partition coefficient (Wildman–Crippen LogP) is 2.89. The summed E-state index contributed by atoms with van der Waals surface area (Å²) in [6, 6.07) is 9.71. The summed E-state index contributed by atoms with van der Waals surface area (Å²) in [6.07, 6.45) is 2.56. The first kappa shape index (κ1) is 16.3. The molecule has 0 radical (unpaired) electrons. The van der Waals surface area contributed by atoms with Crippen molar-refractivity contribution < 1.29 is 0 Å². The van der Waals surface area contributed by atoms with E-state index >= 15 is 0 Å². The van der Waals surface area contributed by atoms with E-state index in [1.54, 1.807) is 12.3 Å². The molecular weight excluding hydrogens is 364 g/mol. The molecule has 4 aromatic rings. The van der Waals surface area contributed by atoms with Gasteiger partial charge in [-0.05, 0) is 31.2 Å². The van der Waals surface area contributed by atoms with Gasteiger partial charge in [0.2, 0.25) is 0 Å². The summed E-state index contributed by atoms with van der Waals surface area (Å²) in [5.41, 5.74) is 3.32. The Morgan fingerprint density at radius 3 is 2.89 bits per heavy atom. The molecule has 5 rings (SSSR count). The van der Waals surface area contributed by atoms with E-state index in [2.05, 4.69) is 30.6 Å². The third kappa shape index (κ3) is 2.85. The van der Waals surface area contributed by atoms with Crippen LogP contribution < -0.4 is 16.2 Å². The number of nitrogens with one attached hydrogen (secondary N) is 4. The monoisotopic (exact) mass is 380 g/mol. The number of aromatic amines is 2. The summed E-state index contributed by atoms with van der Waals surface area (Å²) >= 11 is 6.14. The fourth-order valence-corrected chi connectivity index (χ4v) is 3.76. The zero-order valence-electron chi connectivity index (χ0n) is 14.3. The van der Waals surface area contributed by atoms with Gasteiger partial charge in [-0.25, -0.2) is 9.97 Å². The minimum absolute atomic E-state index is 0.223. The van der Waals surface area contributed by atoms with Crippen molar-refractivity contribution in [2.24, 2.45) is 0 Å². The Hall–Kier alpha value is -2.90. The highest BCUT2D eigenvalue weighted by Gasteiger charge is 2.22. The number of benzene rings is 1. The third-order valence-corrected chi connectivity index (χ3v) is 5.11. The van der Waals surface area contributed by atoms with Crippen LogP contribution in [-0.2, 0) is 0 Å². The lowest BCUT2D eigenvalue weighted by molar-refractivity contribution is 0.794. The van der Waals surface area contributed by atoms with Crippen LogP contribution in [0.5, 0.6) is 0 Å². The lowest BCUT2D eigenvalue weighted by atomic mass is 10.1. The molecule has 4 heterocycles. The maximum Gasteiger partial charge on any atom is 0.261 e. The number of para-hydroxylation sites is 2. The van der Waals surface area contributed by atoms with E-state index in [0.29, 0.717) is 22.1 Å². The maximum absolute atomic E-state index is 13.0. The second-order valence-electron chi connectivity index (χ2n) is 6.69. The Kier molecular flexibility index (Phi) is 3.84. The highest BCUT2D eigenvalue weighted by Crippen LogP contribution is 2.32. The minimum atomic E-state index is -0.223. The third-order valence-electron chi connectivity index (χ3n) is 4.90. The number of aromatic nitrogens is 4. The van der Waals surface area contributed by atoms with Gasteiger partial charge in [0, 0.05) is 18.0 Å². The van der Waals surface area contributed by atoms with E-state index in [-0.39, 0.29) is 11.6 Å². The summed E-state index contributed by atoms with van der Waals surface area (Å²) < 4.78 is 0. The van der Waals surface area contributed by atoms with Crippen molar-refractivity contribution in [1.82, 2.24) is 25.3 Å². The SMILES string of the molecule is O=c1[nH]c2cnc(Cl)cc2c(N[C@H]2CCNC2)c1-c1nc2ccccc2[nH]1. The molecule has 4 N–H and O–H groups in total. The second-order valence-corrected chi connectivity index (χ2v) is 7.08. The predicted molar refractivity (Wildman–Crippen MR) is 107 cm³/mol. The number of anilines is 1. The lowest BCUT2D eigenvalue weighted by Crippen LogP contribution is -2.24. The minimum Gasteiger partial charge on any atom is -0.380 e. The van der Waals surface area contributed by atoms with Gasteiger partial charge >= 0.3 is 0 Å². The van der Waals surface area contributed by atoms with Crippen molar-refractivity contribution in [3.05, 3.63) is 52.0 Å². The van der Waals surface area contributed by atoms with E-state index in [9.17, 15) is 4.79 Å². The molecule has 1 aliphatic rings. The molecule has 1 saturated heterocycles. The smallest absolute Gasteiger partial charge is 0.261 e. The van der Waals surface area contributed by atoms with Crippen LogP contribution in [0.3, 0.4) is 0 Å². The van der Waals surface area contributed by atoms with Crippen LogP contribution in [0.15, 0.2) is 41.3 Å². The van der Waals surface area contributed by atoms with Crippen LogP contribution >= 0.6 is 11.6 Å². The standard InChI is InChI=1S/C19H17ClN6O/c20-15-7-11-14(9-22-15)26-19(27)16(17(11)23-10-5-6-21-8-10)18-24-12-3-1-2-4-13(12)25-18/h1-4,7,9-10,21H,5-6,8H2,(H,24,25)(H2,23,26,27)/t10-/m0/s1. The number of H-pyrrole nitrogens is 2. The van der Waals surface area contributed by atoms with Gasteiger partial charge in [0.25, 0.3) is 5.56 Å². The van der Waals surface area contributed by atoms with Gasteiger partial charge in [-0.1, -0.05) is 23.7 Å². The zero-order chi connectivity index (χ0) is 18.4. The van der Waals surface area contributed by atoms with Gasteiger partial charge in [0.05, 0.1) is 28.4 Å². The number of rotatable bonds is 3. The quantitative estimate of drug-likeness (QED) is 0.410. The van der Waals surface area contributed by atoms with Crippen LogP contribution in [-0.4, -0.2) is 39.1 Å². The van der Waals surface area contributed by atoms with E-state index in [0.717, 1.165) is 41.6 Å². The molecule has 0 unspecified atom stereocenters. The van der Waals surface area contributed by atoms with Crippen molar-refractivity contribution >= 4 is 39.2 Å². The van der Waals surface area contributed by atoms with Crippen LogP contribution in [0.4, 0.5) is 5.69 Å². The van der Waals surface area contributed by atoms with Gasteiger partial charge in [0.1, 0.15) is 16.5 Å². The number of halogens is 1. The molecule has 7 nitrogen and oxygen atoms in total. The van der Waals surface area contributed by atoms with Crippen molar-refractivity contribution in [3.8, 4) is 11.4 Å². The Bertz CT molecular complexity index is 1170. The molecular formula is C19H17ClN6O. The molecule has 1 fully saturated rings. The molecule has 27 heavy (non-hydrogen) atoms. The highest BCUT2D eigenvalue weighted by atomic mass is 35.5. The molecule has 3 aromatic heterocycles. The van der Waals surface area contributed by atoms with Gasteiger partial charge < -0.3 is 20.6 Å². The normalized spacial score (nSPS) is 17.0. The average Bonchev–Trinajstić information content (AvgIpc) is 3.31. The number of hydrogen-bond donors (Lipinski definition) is 4. The fraction of sp³-hybridized carbons (Fsp3) is 0.211. The van der Waals surface area contributed by atoms with Gasteiger partial charge in [-0.3, -0.25) is 4.79 Å². The lowest BCUT2D eigenvalue weighted by Gasteiger charge is -2.17. The van der Waals surface area contributed by atoms with Crippen molar-refractivity contribution in [2.45, 2.75) is 12.5 Å². The summed E-state index contributed by atoms with van der Waals surface area (Å²) in [6.45, 7) is 1.79. The van der Waals surface area contributed by atoms with Crippen molar-refractivity contribution in [3.63, 3.8) is 0 Å². The first-order valence-corrected chi connectivity index (χ1v) is 9.21. The second kappa shape index (κ2) is 6.37. The Morgan fingerprint density at radius 1 is 1.19 bits per heavy atom. The molecule has 0 spiro atoms. The van der Waals surface area contributed by atoms with E-state index < -0.39 is 0 Å². The molecule has 0 saturated carbocycles. The summed E-state index contributed by atoms with van der Waals surface area (Å²) in [5.74, 6) is 0.528. The molecule has 136 valence electrons. The maximum atomic E-state index is 13.0. The molecule has 1 aliphatic heterocycles. The topological polar surface area (TPSA) is 98.5 Å². The van der Waals surface area contributed by atoms with Crippen LogP contribution in [0.1, 0.15) is 6.42 Å².